The average Bonchev–Trinajstić information content (AvgIpc) is 3.02. The van der Waals surface area contributed by atoms with Crippen molar-refractivity contribution >= 4 is 17.2 Å². The highest BCUT2D eigenvalue weighted by molar-refractivity contribution is 7.14. The molecule has 0 aromatic carbocycles. The Hall–Kier alpha value is -1.35. The minimum Gasteiger partial charge on any atom is -0.395 e. The minimum atomic E-state index is -0.0798. The summed E-state index contributed by atoms with van der Waals surface area (Å²) in [6, 6.07) is 1.79. The number of hydrogen-bond acceptors (Lipinski definition) is 4. The second-order valence-corrected chi connectivity index (χ2v) is 6.46. The van der Waals surface area contributed by atoms with Crippen LogP contribution in [-0.2, 0) is 0 Å². The topological polar surface area (TPSA) is 60.8 Å². The number of hydrogen-bond donors (Lipinski definition) is 2. The SMILES string of the molecule is Cc1cc(C(=O)N2CCC(C)C2CO)sc1C#CCCO. The third kappa shape index (κ3) is 3.46. The van der Waals surface area contributed by atoms with E-state index in [4.69, 9.17) is 5.11 Å². The third-order valence-corrected chi connectivity index (χ3v) is 5.04. The number of nitrogens with zero attached hydrogens (tertiary/aromatic N) is 1. The molecule has 114 valence electrons. The average molecular weight is 307 g/mol. The smallest absolute Gasteiger partial charge is 0.264 e. The van der Waals surface area contributed by atoms with Gasteiger partial charge in [0.2, 0.25) is 0 Å². The Labute approximate surface area is 129 Å². The number of likely N-dealkylation sites (tertiary alicyclic amines) is 1. The van der Waals surface area contributed by atoms with Gasteiger partial charge in [0.25, 0.3) is 5.91 Å². The molecule has 2 rings (SSSR count). The molecule has 2 unspecified atom stereocenters. The molecule has 2 atom stereocenters. The number of carbonyl (C=O) groups excluding carboxylic acids is 1. The molecule has 0 bridgehead atoms. The summed E-state index contributed by atoms with van der Waals surface area (Å²) in [5, 5.41) is 18.2. The van der Waals surface area contributed by atoms with E-state index < -0.39 is 0 Å². The summed E-state index contributed by atoms with van der Waals surface area (Å²) in [5.74, 6) is 6.21. The van der Waals surface area contributed by atoms with Crippen molar-refractivity contribution in [1.82, 2.24) is 4.90 Å². The lowest BCUT2D eigenvalue weighted by molar-refractivity contribution is 0.0653. The number of amides is 1. The standard InChI is InChI=1S/C16H21NO3S/c1-11-6-7-17(13(11)10-19)16(20)15-9-12(2)14(21-15)5-3-4-8-18/h9,11,13,18-19H,4,6-8,10H2,1-2H3. The molecule has 1 amide bonds. The number of rotatable bonds is 3. The molecule has 0 aliphatic carbocycles. The summed E-state index contributed by atoms with van der Waals surface area (Å²) in [4.78, 5) is 15.9. The van der Waals surface area contributed by atoms with Crippen molar-refractivity contribution in [2.45, 2.75) is 32.7 Å². The quantitative estimate of drug-likeness (QED) is 0.835. The second kappa shape index (κ2) is 7.08. The molecule has 0 saturated carbocycles. The largest absolute Gasteiger partial charge is 0.395 e. The zero-order valence-corrected chi connectivity index (χ0v) is 13.2. The normalized spacial score (nSPS) is 21.2. The maximum atomic E-state index is 12.6. The number of aliphatic hydroxyl groups is 2. The van der Waals surface area contributed by atoms with Crippen LogP contribution in [0, 0.1) is 24.7 Å². The minimum absolute atomic E-state index is 0.0123. The Morgan fingerprint density at radius 1 is 1.52 bits per heavy atom. The number of aryl methyl sites for hydroxylation is 1. The summed E-state index contributed by atoms with van der Waals surface area (Å²) in [7, 11) is 0. The molecule has 5 heteroatoms. The molecule has 1 aromatic heterocycles. The first-order chi connectivity index (χ1) is 10.1. The first-order valence-corrected chi connectivity index (χ1v) is 8.02. The van der Waals surface area contributed by atoms with Gasteiger partial charge in [-0.2, -0.15) is 0 Å². The first-order valence-electron chi connectivity index (χ1n) is 7.20. The van der Waals surface area contributed by atoms with Crippen LogP contribution >= 0.6 is 11.3 Å². The number of aliphatic hydroxyl groups excluding tert-OH is 2. The zero-order valence-electron chi connectivity index (χ0n) is 12.4. The molecule has 0 spiro atoms. The summed E-state index contributed by atoms with van der Waals surface area (Å²) >= 11 is 1.39. The van der Waals surface area contributed by atoms with Crippen LogP contribution < -0.4 is 0 Å². The summed E-state index contributed by atoms with van der Waals surface area (Å²) in [5.41, 5.74) is 0.988. The van der Waals surface area contributed by atoms with Crippen LogP contribution in [0.15, 0.2) is 6.07 Å². The van der Waals surface area contributed by atoms with Crippen molar-refractivity contribution in [2.24, 2.45) is 5.92 Å². The molecule has 0 radical (unpaired) electrons. The fourth-order valence-corrected chi connectivity index (χ4v) is 3.59. The van der Waals surface area contributed by atoms with E-state index in [9.17, 15) is 9.90 Å². The monoisotopic (exact) mass is 307 g/mol. The van der Waals surface area contributed by atoms with Crippen molar-refractivity contribution in [3.05, 3.63) is 21.4 Å². The lowest BCUT2D eigenvalue weighted by Crippen LogP contribution is -2.39. The molecule has 1 aliphatic heterocycles. The molecule has 2 N–H and O–H groups in total. The van der Waals surface area contributed by atoms with Crippen molar-refractivity contribution in [3.8, 4) is 11.8 Å². The fourth-order valence-electron chi connectivity index (χ4n) is 2.59. The lowest BCUT2D eigenvalue weighted by Gasteiger charge is -2.24. The molecule has 21 heavy (non-hydrogen) atoms. The van der Waals surface area contributed by atoms with Crippen molar-refractivity contribution in [2.75, 3.05) is 19.8 Å². The molecule has 4 nitrogen and oxygen atoms in total. The van der Waals surface area contributed by atoms with Gasteiger partial charge in [0.1, 0.15) is 0 Å². The molecule has 2 heterocycles. The summed E-state index contributed by atoms with van der Waals surface area (Å²) in [6.07, 6.45) is 1.38. The Kier molecular flexibility index (Phi) is 5.40. The van der Waals surface area contributed by atoms with Gasteiger partial charge in [-0.1, -0.05) is 18.8 Å². The Bertz CT molecular complexity index is 570. The van der Waals surface area contributed by atoms with Crippen molar-refractivity contribution in [1.29, 1.82) is 0 Å². The van der Waals surface area contributed by atoms with Crippen LogP contribution in [0.5, 0.6) is 0 Å². The molecule has 1 aromatic rings. The van der Waals surface area contributed by atoms with Gasteiger partial charge in [0, 0.05) is 13.0 Å². The van der Waals surface area contributed by atoms with Crippen LogP contribution in [0.25, 0.3) is 0 Å². The van der Waals surface area contributed by atoms with E-state index in [2.05, 4.69) is 18.8 Å². The third-order valence-electron chi connectivity index (χ3n) is 3.90. The van der Waals surface area contributed by atoms with E-state index in [0.717, 1.165) is 16.9 Å². The highest BCUT2D eigenvalue weighted by Gasteiger charge is 2.34. The van der Waals surface area contributed by atoms with Gasteiger partial charge in [0.05, 0.1) is 29.0 Å². The molecular weight excluding hydrogens is 286 g/mol. The maximum absolute atomic E-state index is 12.6. The van der Waals surface area contributed by atoms with Gasteiger partial charge in [-0.3, -0.25) is 4.79 Å². The van der Waals surface area contributed by atoms with Crippen LogP contribution in [-0.4, -0.2) is 46.8 Å². The van der Waals surface area contributed by atoms with Crippen LogP contribution in [0.2, 0.25) is 0 Å². The first kappa shape index (κ1) is 16.0. The van der Waals surface area contributed by atoms with Gasteiger partial charge in [-0.05, 0) is 30.9 Å². The predicted molar refractivity (Wildman–Crippen MR) is 83.3 cm³/mol. The highest BCUT2D eigenvalue weighted by atomic mass is 32.1. The van der Waals surface area contributed by atoms with E-state index >= 15 is 0 Å². The Morgan fingerprint density at radius 3 is 2.95 bits per heavy atom. The molecule has 1 fully saturated rings. The maximum Gasteiger partial charge on any atom is 0.264 e. The molecule has 1 aliphatic rings. The van der Waals surface area contributed by atoms with E-state index in [-0.39, 0.29) is 25.2 Å². The number of carbonyl (C=O) groups is 1. The Morgan fingerprint density at radius 2 is 2.29 bits per heavy atom. The van der Waals surface area contributed by atoms with Crippen molar-refractivity contribution < 1.29 is 15.0 Å². The van der Waals surface area contributed by atoms with E-state index in [1.54, 1.807) is 4.90 Å². The Balaban J connectivity index is 2.17. The van der Waals surface area contributed by atoms with E-state index in [1.807, 2.05) is 13.0 Å². The zero-order chi connectivity index (χ0) is 15.4. The van der Waals surface area contributed by atoms with E-state index in [0.29, 0.717) is 23.8 Å². The summed E-state index contributed by atoms with van der Waals surface area (Å²) in [6.45, 7) is 4.77. The van der Waals surface area contributed by atoms with Gasteiger partial charge in [0.15, 0.2) is 0 Å². The van der Waals surface area contributed by atoms with Gasteiger partial charge < -0.3 is 15.1 Å². The second-order valence-electron chi connectivity index (χ2n) is 5.41. The van der Waals surface area contributed by atoms with Crippen molar-refractivity contribution in [3.63, 3.8) is 0 Å². The lowest BCUT2D eigenvalue weighted by atomic mass is 10.0. The van der Waals surface area contributed by atoms with Gasteiger partial charge in [-0.15, -0.1) is 11.3 Å². The van der Waals surface area contributed by atoms with Gasteiger partial charge in [-0.25, -0.2) is 0 Å². The number of thiophene rings is 1. The van der Waals surface area contributed by atoms with Crippen LogP contribution in [0.1, 0.15) is 39.9 Å². The highest BCUT2D eigenvalue weighted by Crippen LogP contribution is 2.28. The molecular formula is C16H21NO3S. The van der Waals surface area contributed by atoms with Crippen LogP contribution in [0.3, 0.4) is 0 Å². The summed E-state index contributed by atoms with van der Waals surface area (Å²) < 4.78 is 0. The van der Waals surface area contributed by atoms with Crippen LogP contribution in [0.4, 0.5) is 0 Å². The fraction of sp³-hybridized carbons (Fsp3) is 0.562. The van der Waals surface area contributed by atoms with Gasteiger partial charge >= 0.3 is 0 Å². The predicted octanol–water partition coefficient (Wildman–Crippen LogP) is 1.63. The molecule has 1 saturated heterocycles. The van der Waals surface area contributed by atoms with E-state index in [1.165, 1.54) is 11.3 Å².